The number of nitrogens with zero attached hydrogens (tertiary/aromatic N) is 5. The van der Waals surface area contributed by atoms with Gasteiger partial charge in [0.1, 0.15) is 18.5 Å². The van der Waals surface area contributed by atoms with Crippen molar-refractivity contribution in [3.8, 4) is 17.3 Å². The maximum atomic E-state index is 6.19. The molecule has 3 aromatic rings. The summed E-state index contributed by atoms with van der Waals surface area (Å²) in [6.45, 7) is 6.02. The predicted octanol–water partition coefficient (Wildman–Crippen LogP) is 2.70. The fourth-order valence-electron chi connectivity index (χ4n) is 3.33. The molecule has 0 saturated carbocycles. The third-order valence-corrected chi connectivity index (χ3v) is 5.15. The molecular formula is C21H25N5O3. The van der Waals surface area contributed by atoms with Crippen LogP contribution in [0.2, 0.25) is 0 Å². The molecule has 1 aliphatic heterocycles. The van der Waals surface area contributed by atoms with Gasteiger partial charge in [-0.15, -0.1) is 10.2 Å². The minimum Gasteiger partial charge on any atom is -0.486 e. The smallest absolute Gasteiger partial charge is 0.232 e. The number of ether oxygens (including phenoxy) is 3. The highest BCUT2D eigenvalue weighted by Gasteiger charge is 2.33. The number of rotatable bonds is 7. The Balaban J connectivity index is 1.53. The van der Waals surface area contributed by atoms with E-state index in [1.54, 1.807) is 20.4 Å². The maximum Gasteiger partial charge on any atom is 0.232 e. The quantitative estimate of drug-likeness (QED) is 0.609. The van der Waals surface area contributed by atoms with E-state index in [1.165, 1.54) is 11.1 Å². The number of benzene rings is 1. The van der Waals surface area contributed by atoms with Crippen molar-refractivity contribution < 1.29 is 14.2 Å². The standard InChI is InChI=1S/C21H25N5O3/c1-14-6-5-7-18(15(14)2)29-17-11-25(12-17)21-24-23-19(13-27-3)26(21)16-8-9-20(28-4)22-10-16/h5-10,17H,11-13H2,1-4H3. The van der Waals surface area contributed by atoms with Crippen molar-refractivity contribution in [3.63, 3.8) is 0 Å². The lowest BCUT2D eigenvalue weighted by atomic mass is 10.1. The monoisotopic (exact) mass is 395 g/mol. The largest absolute Gasteiger partial charge is 0.486 e. The lowest BCUT2D eigenvalue weighted by Crippen LogP contribution is -2.55. The van der Waals surface area contributed by atoms with Crippen LogP contribution in [0.15, 0.2) is 36.5 Å². The van der Waals surface area contributed by atoms with E-state index in [2.05, 4.69) is 40.0 Å². The highest BCUT2D eigenvalue weighted by Crippen LogP contribution is 2.28. The molecule has 3 heterocycles. The average Bonchev–Trinajstić information content (AvgIpc) is 3.11. The van der Waals surface area contributed by atoms with Crippen molar-refractivity contribution in [2.75, 3.05) is 32.2 Å². The summed E-state index contributed by atoms with van der Waals surface area (Å²) in [4.78, 5) is 6.45. The van der Waals surface area contributed by atoms with E-state index < -0.39 is 0 Å². The lowest BCUT2D eigenvalue weighted by molar-refractivity contribution is 0.164. The van der Waals surface area contributed by atoms with Gasteiger partial charge in [-0.25, -0.2) is 4.98 Å². The minimum absolute atomic E-state index is 0.112. The van der Waals surface area contributed by atoms with Crippen molar-refractivity contribution in [1.29, 1.82) is 0 Å². The van der Waals surface area contributed by atoms with Crippen molar-refractivity contribution in [1.82, 2.24) is 19.7 Å². The first-order chi connectivity index (χ1) is 14.1. The molecule has 1 fully saturated rings. The SMILES string of the molecule is COCc1nnc(N2CC(Oc3cccc(C)c3C)C2)n1-c1ccc(OC)nc1. The number of methoxy groups -OCH3 is 2. The molecule has 0 amide bonds. The van der Waals surface area contributed by atoms with E-state index in [-0.39, 0.29) is 6.10 Å². The zero-order valence-electron chi connectivity index (χ0n) is 17.1. The summed E-state index contributed by atoms with van der Waals surface area (Å²) in [6, 6.07) is 9.89. The molecule has 0 radical (unpaired) electrons. The minimum atomic E-state index is 0.112. The summed E-state index contributed by atoms with van der Waals surface area (Å²) in [6.07, 6.45) is 1.86. The summed E-state index contributed by atoms with van der Waals surface area (Å²) in [5, 5.41) is 8.70. The van der Waals surface area contributed by atoms with E-state index in [1.807, 2.05) is 28.8 Å². The Labute approximate surface area is 170 Å². The van der Waals surface area contributed by atoms with Gasteiger partial charge in [0, 0.05) is 13.2 Å². The zero-order valence-corrected chi connectivity index (χ0v) is 17.1. The second kappa shape index (κ2) is 8.08. The van der Waals surface area contributed by atoms with Gasteiger partial charge in [0.25, 0.3) is 0 Å². The van der Waals surface area contributed by atoms with Crippen LogP contribution in [-0.2, 0) is 11.3 Å². The van der Waals surface area contributed by atoms with E-state index in [0.29, 0.717) is 18.3 Å². The number of hydrogen-bond acceptors (Lipinski definition) is 7. The van der Waals surface area contributed by atoms with Crippen molar-refractivity contribution in [2.45, 2.75) is 26.6 Å². The molecule has 29 heavy (non-hydrogen) atoms. The van der Waals surface area contributed by atoms with Gasteiger partial charge in [-0.3, -0.25) is 4.57 Å². The highest BCUT2D eigenvalue weighted by atomic mass is 16.5. The molecule has 2 aromatic heterocycles. The first-order valence-corrected chi connectivity index (χ1v) is 9.52. The van der Waals surface area contributed by atoms with E-state index >= 15 is 0 Å². The fraction of sp³-hybridized carbons (Fsp3) is 0.381. The Hall–Kier alpha value is -3.13. The van der Waals surface area contributed by atoms with Gasteiger partial charge in [-0.1, -0.05) is 12.1 Å². The number of hydrogen-bond donors (Lipinski definition) is 0. The predicted molar refractivity (Wildman–Crippen MR) is 109 cm³/mol. The Morgan fingerprint density at radius 2 is 1.90 bits per heavy atom. The maximum absolute atomic E-state index is 6.19. The highest BCUT2D eigenvalue weighted by molar-refractivity contribution is 5.46. The molecule has 0 spiro atoms. The first kappa shape index (κ1) is 19.2. The van der Waals surface area contributed by atoms with E-state index in [0.717, 1.165) is 30.5 Å². The summed E-state index contributed by atoms with van der Waals surface area (Å²) in [7, 11) is 3.24. The van der Waals surface area contributed by atoms with Crippen LogP contribution >= 0.6 is 0 Å². The van der Waals surface area contributed by atoms with Crippen LogP contribution in [0.1, 0.15) is 17.0 Å². The van der Waals surface area contributed by atoms with Gasteiger partial charge >= 0.3 is 0 Å². The molecule has 1 aromatic carbocycles. The molecule has 0 bridgehead atoms. The van der Waals surface area contributed by atoms with E-state index in [4.69, 9.17) is 14.2 Å². The summed E-state index contributed by atoms with van der Waals surface area (Å²) in [5.74, 6) is 2.97. The Bertz CT molecular complexity index is 980. The van der Waals surface area contributed by atoms with Crippen LogP contribution in [0, 0.1) is 13.8 Å². The van der Waals surface area contributed by atoms with Crippen LogP contribution in [-0.4, -0.2) is 53.2 Å². The second-order valence-corrected chi connectivity index (χ2v) is 7.09. The van der Waals surface area contributed by atoms with Gasteiger partial charge in [-0.2, -0.15) is 0 Å². The topological polar surface area (TPSA) is 74.5 Å². The third-order valence-electron chi connectivity index (χ3n) is 5.15. The van der Waals surface area contributed by atoms with E-state index in [9.17, 15) is 0 Å². The van der Waals surface area contributed by atoms with Crippen LogP contribution in [0.25, 0.3) is 5.69 Å². The van der Waals surface area contributed by atoms with Crippen LogP contribution in [0.5, 0.6) is 11.6 Å². The average molecular weight is 395 g/mol. The van der Waals surface area contributed by atoms with Crippen LogP contribution < -0.4 is 14.4 Å². The van der Waals surface area contributed by atoms with Crippen molar-refractivity contribution in [3.05, 3.63) is 53.5 Å². The molecule has 1 aliphatic rings. The Morgan fingerprint density at radius 1 is 1.07 bits per heavy atom. The molecule has 0 N–H and O–H groups in total. The van der Waals surface area contributed by atoms with Crippen LogP contribution in [0.3, 0.4) is 0 Å². The molecule has 0 aliphatic carbocycles. The normalized spacial score (nSPS) is 14.0. The molecular weight excluding hydrogens is 370 g/mol. The first-order valence-electron chi connectivity index (χ1n) is 9.52. The number of aromatic nitrogens is 4. The molecule has 8 nitrogen and oxygen atoms in total. The summed E-state index contributed by atoms with van der Waals surface area (Å²) in [5.41, 5.74) is 3.27. The van der Waals surface area contributed by atoms with Gasteiger partial charge in [-0.05, 0) is 37.1 Å². The zero-order chi connectivity index (χ0) is 20.4. The summed E-state index contributed by atoms with van der Waals surface area (Å²) < 4.78 is 18.6. The molecule has 8 heteroatoms. The van der Waals surface area contributed by atoms with Crippen molar-refractivity contribution >= 4 is 5.95 Å². The Morgan fingerprint density at radius 3 is 2.59 bits per heavy atom. The molecule has 152 valence electrons. The van der Waals surface area contributed by atoms with Crippen LogP contribution in [0.4, 0.5) is 5.95 Å². The molecule has 1 saturated heterocycles. The molecule has 0 unspecified atom stereocenters. The fourth-order valence-corrected chi connectivity index (χ4v) is 3.33. The third kappa shape index (κ3) is 3.75. The van der Waals surface area contributed by atoms with Gasteiger partial charge in [0.2, 0.25) is 11.8 Å². The lowest BCUT2D eigenvalue weighted by Gasteiger charge is -2.39. The Kier molecular flexibility index (Phi) is 5.35. The molecule has 4 rings (SSSR count). The second-order valence-electron chi connectivity index (χ2n) is 7.09. The van der Waals surface area contributed by atoms with Gasteiger partial charge in [0.05, 0.1) is 32.1 Å². The van der Waals surface area contributed by atoms with Crippen molar-refractivity contribution in [2.24, 2.45) is 0 Å². The number of aryl methyl sites for hydroxylation is 1. The molecule has 0 atom stereocenters. The van der Waals surface area contributed by atoms with Gasteiger partial charge in [0.15, 0.2) is 5.82 Å². The number of anilines is 1. The van der Waals surface area contributed by atoms with Gasteiger partial charge < -0.3 is 19.1 Å². The number of pyridine rings is 1. The summed E-state index contributed by atoms with van der Waals surface area (Å²) >= 11 is 0.